The van der Waals surface area contributed by atoms with E-state index in [2.05, 4.69) is 9.72 Å². The summed E-state index contributed by atoms with van der Waals surface area (Å²) in [5.41, 5.74) is -1.05. The normalized spacial score (nSPS) is 10.6. The second kappa shape index (κ2) is 7.47. The van der Waals surface area contributed by atoms with Gasteiger partial charge in [0.15, 0.2) is 5.82 Å². The Labute approximate surface area is 138 Å². The van der Waals surface area contributed by atoms with E-state index in [4.69, 9.17) is 4.74 Å². The average molecular weight is 355 g/mol. The highest BCUT2D eigenvalue weighted by Crippen LogP contribution is 2.20. The molecule has 1 aromatic heterocycles. The summed E-state index contributed by atoms with van der Waals surface area (Å²) in [6.07, 6.45) is 2.12. The second-order valence-corrected chi connectivity index (χ2v) is 4.62. The van der Waals surface area contributed by atoms with E-state index in [0.29, 0.717) is 4.57 Å². The molecule has 0 N–H and O–H groups in total. The first-order valence-electron chi connectivity index (χ1n) is 6.68. The minimum absolute atomic E-state index is 0.207. The van der Waals surface area contributed by atoms with Crippen LogP contribution in [0.3, 0.4) is 0 Å². The Kier molecular flexibility index (Phi) is 5.37. The van der Waals surface area contributed by atoms with Crippen LogP contribution in [0.4, 0.5) is 14.5 Å². The number of carbonyl (C=O) groups excluding carboxylic acids is 2. The van der Waals surface area contributed by atoms with E-state index in [1.807, 2.05) is 0 Å². The van der Waals surface area contributed by atoms with E-state index < -0.39 is 35.7 Å². The molecule has 9 nitrogen and oxygen atoms in total. The topological polar surface area (TPSA) is 114 Å². The second-order valence-electron chi connectivity index (χ2n) is 4.62. The summed E-state index contributed by atoms with van der Waals surface area (Å²) in [6.45, 7) is -3.44. The minimum Gasteiger partial charge on any atom is -0.465 e. The molecule has 2 rings (SSSR count). The van der Waals surface area contributed by atoms with Gasteiger partial charge in [0, 0.05) is 24.5 Å². The Hall–Kier alpha value is -3.37. The third-order valence-corrected chi connectivity index (χ3v) is 3.08. The molecule has 0 aliphatic rings. The number of nitrogens with zero attached hydrogens (tertiary/aromatic N) is 3. The number of non-ortho nitro benzene ring substituents is 1. The number of aromatic nitrogens is 2. The van der Waals surface area contributed by atoms with Crippen LogP contribution < -0.4 is 0 Å². The van der Waals surface area contributed by atoms with Crippen LogP contribution in [0.5, 0.6) is 0 Å². The number of nitro groups is 1. The third kappa shape index (κ3) is 4.13. The first-order chi connectivity index (χ1) is 11.8. The zero-order valence-electron chi connectivity index (χ0n) is 12.7. The number of ether oxygens (including phenoxy) is 2. The standard InChI is InChI=1S/C14H11F2N3O6/c1-24-12(20)8-4-9(6-10(5-8)19(22)23)13(21)25-7-11-17-2-3-18(11)14(15)16/h2-6,14H,7H2,1H3. The minimum atomic E-state index is -2.86. The fraction of sp³-hybridized carbons (Fsp3) is 0.214. The number of rotatable bonds is 6. The van der Waals surface area contributed by atoms with Crippen LogP contribution in [0, 0.1) is 10.1 Å². The molecule has 0 aliphatic carbocycles. The average Bonchev–Trinajstić information content (AvgIpc) is 3.07. The molecule has 0 saturated heterocycles. The van der Waals surface area contributed by atoms with Crippen LogP contribution >= 0.6 is 0 Å². The van der Waals surface area contributed by atoms with Crippen molar-refractivity contribution in [1.82, 2.24) is 9.55 Å². The van der Waals surface area contributed by atoms with Crippen molar-refractivity contribution < 1.29 is 32.8 Å². The smallest absolute Gasteiger partial charge is 0.338 e. The zero-order valence-corrected chi connectivity index (χ0v) is 12.7. The van der Waals surface area contributed by atoms with Gasteiger partial charge in [-0.25, -0.2) is 14.6 Å². The molecule has 0 spiro atoms. The van der Waals surface area contributed by atoms with Crippen molar-refractivity contribution >= 4 is 17.6 Å². The van der Waals surface area contributed by atoms with Gasteiger partial charge in [-0.1, -0.05) is 0 Å². The molecule has 132 valence electrons. The number of imidazole rings is 1. The SMILES string of the molecule is COC(=O)c1cc(C(=O)OCc2nccn2C(F)F)cc([N+](=O)[O-])c1. The molecule has 0 fully saturated rings. The molecule has 2 aromatic rings. The zero-order chi connectivity index (χ0) is 18.6. The molecule has 11 heteroatoms. The summed E-state index contributed by atoms with van der Waals surface area (Å²) in [5.74, 6) is -2.13. The van der Waals surface area contributed by atoms with Gasteiger partial charge < -0.3 is 9.47 Å². The Morgan fingerprint density at radius 1 is 1.28 bits per heavy atom. The number of hydrogen-bond acceptors (Lipinski definition) is 7. The van der Waals surface area contributed by atoms with Crippen LogP contribution in [-0.2, 0) is 16.1 Å². The van der Waals surface area contributed by atoms with E-state index in [1.54, 1.807) is 0 Å². The summed E-state index contributed by atoms with van der Waals surface area (Å²) < 4.78 is 35.2. The van der Waals surface area contributed by atoms with Gasteiger partial charge in [-0.3, -0.25) is 14.7 Å². The van der Waals surface area contributed by atoms with Crippen molar-refractivity contribution in [3.63, 3.8) is 0 Å². The van der Waals surface area contributed by atoms with Crippen LogP contribution in [0.1, 0.15) is 33.1 Å². The number of nitro benzene ring substituents is 1. The summed E-state index contributed by atoms with van der Waals surface area (Å²) in [4.78, 5) is 37.3. The molecule has 0 amide bonds. The fourth-order valence-corrected chi connectivity index (χ4v) is 1.92. The van der Waals surface area contributed by atoms with Crippen molar-refractivity contribution in [1.29, 1.82) is 0 Å². The first kappa shape index (κ1) is 18.0. The Morgan fingerprint density at radius 3 is 2.48 bits per heavy atom. The lowest BCUT2D eigenvalue weighted by atomic mass is 10.1. The van der Waals surface area contributed by atoms with Gasteiger partial charge in [-0.05, 0) is 6.07 Å². The third-order valence-electron chi connectivity index (χ3n) is 3.08. The molecule has 1 heterocycles. The predicted octanol–water partition coefficient (Wildman–Crippen LogP) is 2.33. The highest BCUT2D eigenvalue weighted by atomic mass is 19.3. The van der Waals surface area contributed by atoms with Gasteiger partial charge in [0.2, 0.25) is 0 Å². The van der Waals surface area contributed by atoms with Gasteiger partial charge in [0.05, 0.1) is 23.2 Å². The number of carbonyl (C=O) groups is 2. The van der Waals surface area contributed by atoms with Crippen LogP contribution in [0.25, 0.3) is 0 Å². The molecule has 0 saturated carbocycles. The van der Waals surface area contributed by atoms with Crippen molar-refractivity contribution in [3.05, 3.63) is 57.7 Å². The van der Waals surface area contributed by atoms with Crippen molar-refractivity contribution in [2.24, 2.45) is 0 Å². The first-order valence-corrected chi connectivity index (χ1v) is 6.68. The van der Waals surface area contributed by atoms with E-state index in [1.165, 1.54) is 0 Å². The van der Waals surface area contributed by atoms with Gasteiger partial charge in [-0.2, -0.15) is 8.78 Å². The Bertz CT molecular complexity index is 821. The van der Waals surface area contributed by atoms with E-state index >= 15 is 0 Å². The molecular weight excluding hydrogens is 344 g/mol. The maximum absolute atomic E-state index is 12.7. The number of alkyl halides is 2. The maximum atomic E-state index is 12.7. The maximum Gasteiger partial charge on any atom is 0.338 e. The predicted molar refractivity (Wildman–Crippen MR) is 77.0 cm³/mol. The number of esters is 2. The number of hydrogen-bond donors (Lipinski definition) is 0. The van der Waals surface area contributed by atoms with E-state index in [0.717, 1.165) is 37.7 Å². The quantitative estimate of drug-likeness (QED) is 0.444. The summed E-state index contributed by atoms with van der Waals surface area (Å²) in [5, 5.41) is 10.9. The lowest BCUT2D eigenvalue weighted by Gasteiger charge is -2.08. The van der Waals surface area contributed by atoms with Gasteiger partial charge >= 0.3 is 18.5 Å². The molecular formula is C14H11F2N3O6. The molecule has 0 atom stereocenters. The largest absolute Gasteiger partial charge is 0.465 e. The van der Waals surface area contributed by atoms with Crippen LogP contribution in [0.15, 0.2) is 30.6 Å². The van der Waals surface area contributed by atoms with Gasteiger partial charge in [0.1, 0.15) is 6.61 Å². The molecule has 0 radical (unpaired) electrons. The lowest BCUT2D eigenvalue weighted by Crippen LogP contribution is -2.12. The van der Waals surface area contributed by atoms with E-state index in [-0.39, 0.29) is 17.0 Å². The van der Waals surface area contributed by atoms with Crippen molar-refractivity contribution in [3.8, 4) is 0 Å². The fourth-order valence-electron chi connectivity index (χ4n) is 1.92. The van der Waals surface area contributed by atoms with Crippen LogP contribution in [0.2, 0.25) is 0 Å². The Balaban J connectivity index is 2.23. The molecule has 0 aliphatic heterocycles. The monoisotopic (exact) mass is 355 g/mol. The molecule has 0 unspecified atom stereocenters. The highest BCUT2D eigenvalue weighted by Gasteiger charge is 2.20. The molecule has 25 heavy (non-hydrogen) atoms. The van der Waals surface area contributed by atoms with E-state index in [9.17, 15) is 28.5 Å². The van der Waals surface area contributed by atoms with Crippen molar-refractivity contribution in [2.75, 3.05) is 7.11 Å². The lowest BCUT2D eigenvalue weighted by molar-refractivity contribution is -0.384. The van der Waals surface area contributed by atoms with Crippen molar-refractivity contribution in [2.45, 2.75) is 13.2 Å². The summed E-state index contributed by atoms with van der Waals surface area (Å²) in [7, 11) is 1.07. The number of halogens is 2. The van der Waals surface area contributed by atoms with Gasteiger partial charge in [-0.15, -0.1) is 0 Å². The molecule has 0 bridgehead atoms. The molecule has 1 aromatic carbocycles. The van der Waals surface area contributed by atoms with Crippen LogP contribution in [-0.4, -0.2) is 33.5 Å². The highest BCUT2D eigenvalue weighted by molar-refractivity contribution is 5.96. The number of methoxy groups -OCH3 is 1. The van der Waals surface area contributed by atoms with Gasteiger partial charge in [0.25, 0.3) is 5.69 Å². The Morgan fingerprint density at radius 2 is 1.92 bits per heavy atom. The summed E-state index contributed by atoms with van der Waals surface area (Å²) in [6, 6.07) is 2.88. The number of benzene rings is 1. The summed E-state index contributed by atoms with van der Waals surface area (Å²) >= 11 is 0.